The lowest BCUT2D eigenvalue weighted by molar-refractivity contribution is 0.570. The van der Waals surface area contributed by atoms with Crippen LogP contribution in [0.1, 0.15) is 13.8 Å². The normalized spacial score (nSPS) is 14.9. The van der Waals surface area contributed by atoms with Crippen LogP contribution in [-0.4, -0.2) is 42.2 Å². The standard InChI is InChI=1S/C11H19N3O3S2/c1-4-12-11-7-10(5-6-13-11)19(16,17)14-9(2)8-18(3)15/h5-7,9,14H,4,8H2,1-3H3,(H,12,13). The Morgan fingerprint density at radius 3 is 2.74 bits per heavy atom. The van der Waals surface area contributed by atoms with Gasteiger partial charge < -0.3 is 5.32 Å². The monoisotopic (exact) mass is 305 g/mol. The van der Waals surface area contributed by atoms with Gasteiger partial charge in [-0.2, -0.15) is 0 Å². The van der Waals surface area contributed by atoms with E-state index >= 15 is 0 Å². The number of aromatic nitrogens is 1. The van der Waals surface area contributed by atoms with Crippen molar-refractivity contribution in [1.29, 1.82) is 0 Å². The Hall–Kier alpha value is -0.990. The van der Waals surface area contributed by atoms with Gasteiger partial charge in [0.25, 0.3) is 0 Å². The molecule has 19 heavy (non-hydrogen) atoms. The Morgan fingerprint density at radius 1 is 1.47 bits per heavy atom. The Labute approximate surface area is 116 Å². The maximum absolute atomic E-state index is 12.1. The topological polar surface area (TPSA) is 88.2 Å². The number of rotatable bonds is 7. The molecule has 0 fully saturated rings. The molecule has 1 heterocycles. The fraction of sp³-hybridized carbons (Fsp3) is 0.545. The first kappa shape index (κ1) is 16.1. The summed E-state index contributed by atoms with van der Waals surface area (Å²) in [6, 6.07) is 2.52. The average molecular weight is 305 g/mol. The number of hydrogen-bond donors (Lipinski definition) is 2. The third-order valence-electron chi connectivity index (χ3n) is 2.24. The predicted molar refractivity (Wildman–Crippen MR) is 77.1 cm³/mol. The van der Waals surface area contributed by atoms with Gasteiger partial charge in [0.1, 0.15) is 5.82 Å². The highest BCUT2D eigenvalue weighted by molar-refractivity contribution is 7.89. The molecule has 1 aromatic rings. The zero-order chi connectivity index (χ0) is 14.5. The second-order valence-corrected chi connectivity index (χ2v) is 7.36. The molecule has 0 aliphatic rings. The van der Waals surface area contributed by atoms with Gasteiger partial charge in [-0.05, 0) is 19.9 Å². The smallest absolute Gasteiger partial charge is 0.241 e. The first-order valence-electron chi connectivity index (χ1n) is 5.87. The van der Waals surface area contributed by atoms with Crippen molar-refractivity contribution in [2.45, 2.75) is 24.8 Å². The quantitative estimate of drug-likeness (QED) is 0.768. The largest absolute Gasteiger partial charge is 0.370 e. The highest BCUT2D eigenvalue weighted by Crippen LogP contribution is 2.13. The number of nitrogens with zero attached hydrogens (tertiary/aromatic N) is 1. The lowest BCUT2D eigenvalue weighted by atomic mass is 10.4. The molecule has 0 saturated carbocycles. The summed E-state index contributed by atoms with van der Waals surface area (Å²) in [6.45, 7) is 4.25. The molecule has 1 rings (SSSR count). The van der Waals surface area contributed by atoms with E-state index in [1.54, 1.807) is 13.2 Å². The highest BCUT2D eigenvalue weighted by atomic mass is 32.2. The van der Waals surface area contributed by atoms with Gasteiger partial charge in [0.2, 0.25) is 10.0 Å². The van der Waals surface area contributed by atoms with Crippen LogP contribution in [-0.2, 0) is 20.8 Å². The van der Waals surface area contributed by atoms with Crippen molar-refractivity contribution < 1.29 is 12.6 Å². The molecule has 0 bridgehead atoms. The first-order chi connectivity index (χ1) is 8.85. The molecule has 2 N–H and O–H groups in total. The second-order valence-electron chi connectivity index (χ2n) is 4.17. The Morgan fingerprint density at radius 2 is 2.16 bits per heavy atom. The fourth-order valence-corrected chi connectivity index (χ4v) is 3.72. The molecule has 1 aromatic heterocycles. The van der Waals surface area contributed by atoms with E-state index in [-0.39, 0.29) is 16.7 Å². The van der Waals surface area contributed by atoms with Crippen LogP contribution in [0.5, 0.6) is 0 Å². The third-order valence-corrected chi connectivity index (χ3v) is 4.80. The summed E-state index contributed by atoms with van der Waals surface area (Å²) in [7, 11) is -4.66. The lowest BCUT2D eigenvalue weighted by Crippen LogP contribution is -2.36. The molecule has 0 amide bonds. The SMILES string of the molecule is CCNc1cc(S(=O)(=O)NC(C)CS(C)=O)ccn1. The van der Waals surface area contributed by atoms with Crippen LogP contribution in [0.4, 0.5) is 5.82 Å². The predicted octanol–water partition coefficient (Wildman–Crippen LogP) is 0.559. The van der Waals surface area contributed by atoms with E-state index in [2.05, 4.69) is 15.0 Å². The molecule has 0 radical (unpaired) electrons. The van der Waals surface area contributed by atoms with E-state index in [4.69, 9.17) is 0 Å². The van der Waals surface area contributed by atoms with Crippen molar-refractivity contribution in [1.82, 2.24) is 9.71 Å². The maximum Gasteiger partial charge on any atom is 0.241 e. The van der Waals surface area contributed by atoms with E-state index in [1.165, 1.54) is 18.3 Å². The van der Waals surface area contributed by atoms with Crippen LogP contribution in [0.25, 0.3) is 0 Å². The van der Waals surface area contributed by atoms with Crippen LogP contribution in [0.2, 0.25) is 0 Å². The van der Waals surface area contributed by atoms with Crippen LogP contribution in [0.3, 0.4) is 0 Å². The van der Waals surface area contributed by atoms with Crippen LogP contribution in [0, 0.1) is 0 Å². The summed E-state index contributed by atoms with van der Waals surface area (Å²) in [4.78, 5) is 4.16. The van der Waals surface area contributed by atoms with Crippen molar-refractivity contribution in [3.8, 4) is 0 Å². The summed E-state index contributed by atoms with van der Waals surface area (Å²) in [5.41, 5.74) is 0. The van der Waals surface area contributed by atoms with Gasteiger partial charge in [0.05, 0.1) is 4.90 Å². The Balaban J connectivity index is 2.87. The van der Waals surface area contributed by atoms with E-state index < -0.39 is 20.8 Å². The Bertz CT molecular complexity index is 546. The highest BCUT2D eigenvalue weighted by Gasteiger charge is 2.18. The number of nitrogens with one attached hydrogen (secondary N) is 2. The van der Waals surface area contributed by atoms with Crippen molar-refractivity contribution in [2.24, 2.45) is 0 Å². The summed E-state index contributed by atoms with van der Waals surface area (Å²) in [6.07, 6.45) is 2.98. The maximum atomic E-state index is 12.1. The minimum absolute atomic E-state index is 0.146. The van der Waals surface area contributed by atoms with E-state index in [9.17, 15) is 12.6 Å². The van der Waals surface area contributed by atoms with Crippen LogP contribution >= 0.6 is 0 Å². The Kier molecular flexibility index (Phi) is 5.89. The molecule has 108 valence electrons. The van der Waals surface area contributed by atoms with E-state index in [0.717, 1.165) is 0 Å². The lowest BCUT2D eigenvalue weighted by Gasteiger charge is -2.13. The molecule has 2 unspecified atom stereocenters. The second kappa shape index (κ2) is 6.97. The molecule has 0 spiro atoms. The van der Waals surface area contributed by atoms with Gasteiger partial charge in [0, 0.05) is 47.7 Å². The zero-order valence-corrected chi connectivity index (χ0v) is 12.8. The molecule has 8 heteroatoms. The summed E-state index contributed by atoms with van der Waals surface area (Å²) in [5, 5.41) is 2.95. The molecular weight excluding hydrogens is 286 g/mol. The molecule has 6 nitrogen and oxygen atoms in total. The summed E-state index contributed by atoms with van der Waals surface area (Å²) < 4.78 is 37.8. The first-order valence-corrected chi connectivity index (χ1v) is 9.08. The molecule has 2 atom stereocenters. The van der Waals surface area contributed by atoms with E-state index in [0.29, 0.717) is 12.4 Å². The number of hydrogen-bond acceptors (Lipinski definition) is 5. The zero-order valence-electron chi connectivity index (χ0n) is 11.2. The average Bonchev–Trinajstić information content (AvgIpc) is 2.27. The minimum atomic E-state index is -3.61. The third kappa shape index (κ3) is 5.25. The summed E-state index contributed by atoms with van der Waals surface area (Å²) in [5.74, 6) is 0.793. The molecule has 0 aromatic carbocycles. The van der Waals surface area contributed by atoms with Crippen molar-refractivity contribution >= 4 is 26.6 Å². The van der Waals surface area contributed by atoms with Gasteiger partial charge in [-0.15, -0.1) is 0 Å². The van der Waals surface area contributed by atoms with Gasteiger partial charge in [-0.25, -0.2) is 18.1 Å². The van der Waals surface area contributed by atoms with Crippen molar-refractivity contribution in [3.05, 3.63) is 18.3 Å². The fourth-order valence-electron chi connectivity index (χ4n) is 1.58. The van der Waals surface area contributed by atoms with Gasteiger partial charge in [-0.3, -0.25) is 4.21 Å². The van der Waals surface area contributed by atoms with Crippen molar-refractivity contribution in [2.75, 3.05) is 23.9 Å². The van der Waals surface area contributed by atoms with Crippen molar-refractivity contribution in [3.63, 3.8) is 0 Å². The summed E-state index contributed by atoms with van der Waals surface area (Å²) >= 11 is 0. The molecular formula is C11H19N3O3S2. The number of anilines is 1. The van der Waals surface area contributed by atoms with Gasteiger partial charge in [-0.1, -0.05) is 0 Å². The van der Waals surface area contributed by atoms with Crippen LogP contribution in [0.15, 0.2) is 23.2 Å². The molecule has 0 aliphatic carbocycles. The van der Waals surface area contributed by atoms with E-state index in [1.807, 2.05) is 6.92 Å². The molecule has 0 saturated heterocycles. The number of pyridine rings is 1. The van der Waals surface area contributed by atoms with Crippen LogP contribution < -0.4 is 10.0 Å². The minimum Gasteiger partial charge on any atom is -0.370 e. The molecule has 0 aliphatic heterocycles. The number of sulfonamides is 1. The van der Waals surface area contributed by atoms with Gasteiger partial charge in [0.15, 0.2) is 0 Å². The van der Waals surface area contributed by atoms with Gasteiger partial charge >= 0.3 is 0 Å².